The highest BCUT2D eigenvalue weighted by Gasteiger charge is 2.51. The van der Waals surface area contributed by atoms with Crippen LogP contribution in [0, 0.1) is 11.6 Å². The van der Waals surface area contributed by atoms with Gasteiger partial charge in [-0.2, -0.15) is 0 Å². The second-order valence-corrected chi connectivity index (χ2v) is 14.8. The summed E-state index contributed by atoms with van der Waals surface area (Å²) in [5.74, 6) is -4.61. The van der Waals surface area contributed by atoms with Crippen LogP contribution >= 0.6 is 0 Å². The smallest absolute Gasteiger partial charge is 0.250 e. The summed E-state index contributed by atoms with van der Waals surface area (Å²) < 4.78 is 113. The first-order chi connectivity index (χ1) is 20.0. The third-order valence-corrected chi connectivity index (χ3v) is 10.2. The van der Waals surface area contributed by atoms with E-state index in [1.54, 1.807) is 17.0 Å². The van der Waals surface area contributed by atoms with E-state index in [1.807, 2.05) is 11.8 Å². The van der Waals surface area contributed by atoms with Crippen molar-refractivity contribution in [3.63, 3.8) is 0 Å². The van der Waals surface area contributed by atoms with E-state index in [9.17, 15) is 21.6 Å². The molecule has 0 spiro atoms. The minimum absolute atomic E-state index is 0.0307. The van der Waals surface area contributed by atoms with Crippen molar-refractivity contribution in [1.29, 1.82) is 0 Å². The number of anilines is 2. The van der Waals surface area contributed by atoms with Gasteiger partial charge in [0.15, 0.2) is 0 Å². The monoisotopic (exact) mass is 632 g/mol. The molecule has 0 unspecified atom stereocenters. The van der Waals surface area contributed by atoms with E-state index < -0.39 is 64.1 Å². The van der Waals surface area contributed by atoms with Crippen molar-refractivity contribution in [2.45, 2.75) is 81.4 Å². The summed E-state index contributed by atoms with van der Waals surface area (Å²) in [7, 11) is -4.06. The van der Waals surface area contributed by atoms with Crippen molar-refractivity contribution in [3.05, 3.63) is 58.7 Å². The Labute approximate surface area is 248 Å². The molecule has 0 amide bonds. The molecule has 1 aliphatic carbocycles. The maximum absolute atomic E-state index is 15.8. The zero-order valence-corrected chi connectivity index (χ0v) is 25.3. The minimum Gasteiger partial charge on any atom is -0.380 e. The molecule has 2 aromatic rings. The number of nitrogens with one attached hydrogen (secondary N) is 2. The second kappa shape index (κ2) is 11.8. The summed E-state index contributed by atoms with van der Waals surface area (Å²) >= 11 is 0. The highest BCUT2D eigenvalue weighted by molar-refractivity contribution is 7.93. The number of rotatable bonds is 11. The molecule has 2 atom stereocenters. The van der Waals surface area contributed by atoms with Crippen LogP contribution in [0.25, 0.3) is 0 Å². The van der Waals surface area contributed by atoms with Gasteiger partial charge in [0.25, 0.3) is 5.92 Å². The second-order valence-electron chi connectivity index (χ2n) is 12.8. The van der Waals surface area contributed by atoms with Crippen LogP contribution in [-0.2, 0) is 16.4 Å². The normalized spacial score (nSPS) is 23.4. The van der Waals surface area contributed by atoms with Gasteiger partial charge in [0.1, 0.15) is 17.3 Å². The van der Waals surface area contributed by atoms with Crippen molar-refractivity contribution in [3.8, 4) is 0 Å². The molecule has 2 aliphatic heterocycles. The summed E-state index contributed by atoms with van der Waals surface area (Å²) in [6.07, 6.45) is -0.711. The van der Waals surface area contributed by atoms with E-state index in [0.29, 0.717) is 43.6 Å². The first-order valence-corrected chi connectivity index (χ1v) is 16.1. The van der Waals surface area contributed by atoms with Crippen LogP contribution in [0.3, 0.4) is 0 Å². The average molecular weight is 633 g/mol. The lowest BCUT2D eigenvalue weighted by Crippen LogP contribution is -2.54. The van der Waals surface area contributed by atoms with Crippen LogP contribution < -0.4 is 10.0 Å². The Morgan fingerprint density at radius 2 is 1.70 bits per heavy atom. The van der Waals surface area contributed by atoms with Gasteiger partial charge in [0.05, 0.1) is 24.0 Å². The molecule has 0 radical (unpaired) electrons. The number of halogens is 6. The standard InChI is InChI=1S/C30H38F6N4O2S/c1-18-9-19-10-20(38-43(41,42)23-13-30(35,36)14-23)5-6-24(19)28(40(18)17-29(2,3)34)27-25(32)11-21(12-26(27)33)37-22-15-39(16-22)8-4-7-31/h5-6,10-12,18,22-23,28,37-38H,4,7-9,13-17H2,1-3H3/t18-,28+/m1/s1. The fourth-order valence-electron chi connectivity index (χ4n) is 6.35. The molecule has 43 heavy (non-hydrogen) atoms. The number of hydrogen-bond acceptors (Lipinski definition) is 5. The SMILES string of the molecule is C[C@@H]1Cc2cc(NS(=O)(=O)C3CC(F)(F)C3)ccc2[C@@H](c2c(F)cc(NC3CN(CCCF)C3)cc2F)N1CC(C)(C)F. The Morgan fingerprint density at radius 3 is 2.28 bits per heavy atom. The first-order valence-electron chi connectivity index (χ1n) is 14.6. The molecule has 1 saturated carbocycles. The Bertz CT molecular complexity index is 1410. The van der Waals surface area contributed by atoms with Gasteiger partial charge in [-0.3, -0.25) is 18.9 Å². The molecule has 2 aromatic carbocycles. The number of likely N-dealkylation sites (tertiary alicyclic amines) is 1. The summed E-state index contributed by atoms with van der Waals surface area (Å²) in [6, 6.07) is 5.59. The quantitative estimate of drug-likeness (QED) is 0.296. The predicted molar refractivity (Wildman–Crippen MR) is 155 cm³/mol. The van der Waals surface area contributed by atoms with E-state index in [4.69, 9.17) is 0 Å². The van der Waals surface area contributed by atoms with Crippen LogP contribution in [0.5, 0.6) is 0 Å². The molecule has 6 nitrogen and oxygen atoms in total. The number of benzene rings is 2. The lowest BCUT2D eigenvalue weighted by atomic mass is 9.83. The van der Waals surface area contributed by atoms with Crippen molar-refractivity contribution >= 4 is 21.4 Å². The van der Waals surface area contributed by atoms with Gasteiger partial charge in [0, 0.05) is 62.0 Å². The Balaban J connectivity index is 1.43. The van der Waals surface area contributed by atoms with Crippen molar-refractivity contribution in [2.75, 3.05) is 42.9 Å². The van der Waals surface area contributed by atoms with E-state index in [2.05, 4.69) is 10.0 Å². The molecular formula is C30H38F6N4O2S. The largest absolute Gasteiger partial charge is 0.380 e. The fourth-order valence-corrected chi connectivity index (χ4v) is 7.90. The van der Waals surface area contributed by atoms with Crippen LogP contribution in [0.2, 0.25) is 0 Å². The van der Waals surface area contributed by atoms with Crippen LogP contribution in [0.15, 0.2) is 30.3 Å². The maximum Gasteiger partial charge on any atom is 0.250 e. The van der Waals surface area contributed by atoms with Gasteiger partial charge in [0.2, 0.25) is 10.0 Å². The highest BCUT2D eigenvalue weighted by atomic mass is 32.2. The Kier molecular flexibility index (Phi) is 8.73. The van der Waals surface area contributed by atoms with Gasteiger partial charge in [-0.1, -0.05) is 6.07 Å². The number of nitrogens with zero attached hydrogens (tertiary/aromatic N) is 2. The third kappa shape index (κ3) is 7.09. The third-order valence-electron chi connectivity index (χ3n) is 8.45. The highest BCUT2D eigenvalue weighted by Crippen LogP contribution is 2.44. The number of alkyl halides is 4. The molecule has 0 aromatic heterocycles. The van der Waals surface area contributed by atoms with Crippen LogP contribution in [0.1, 0.15) is 62.8 Å². The number of hydrogen-bond donors (Lipinski definition) is 2. The van der Waals surface area contributed by atoms with Gasteiger partial charge >= 0.3 is 0 Å². The molecule has 0 bridgehead atoms. The molecule has 5 rings (SSSR count). The molecule has 2 heterocycles. The van der Waals surface area contributed by atoms with Gasteiger partial charge in [-0.05, 0) is 69.0 Å². The molecule has 1 saturated heterocycles. The summed E-state index contributed by atoms with van der Waals surface area (Å²) in [6.45, 7) is 5.97. The average Bonchev–Trinajstić information content (AvgIpc) is 2.84. The molecule has 2 fully saturated rings. The summed E-state index contributed by atoms with van der Waals surface area (Å²) in [5, 5.41) is 1.92. The predicted octanol–water partition coefficient (Wildman–Crippen LogP) is 6.04. The van der Waals surface area contributed by atoms with E-state index in [-0.39, 0.29) is 35.6 Å². The Morgan fingerprint density at radius 1 is 1.05 bits per heavy atom. The minimum atomic E-state index is -4.06. The number of fused-ring (bicyclic) bond motifs is 1. The van der Waals surface area contributed by atoms with Crippen molar-refractivity contribution < 1.29 is 34.8 Å². The lowest BCUT2D eigenvalue weighted by molar-refractivity contribution is -0.0684. The van der Waals surface area contributed by atoms with Crippen LogP contribution in [-0.4, -0.2) is 80.0 Å². The van der Waals surface area contributed by atoms with E-state index in [1.165, 1.54) is 32.0 Å². The van der Waals surface area contributed by atoms with Crippen molar-refractivity contribution in [1.82, 2.24) is 9.80 Å². The number of sulfonamides is 1. The fraction of sp³-hybridized carbons (Fsp3) is 0.600. The summed E-state index contributed by atoms with van der Waals surface area (Å²) in [4.78, 5) is 3.76. The summed E-state index contributed by atoms with van der Waals surface area (Å²) in [5.41, 5.74) is -0.375. The van der Waals surface area contributed by atoms with Gasteiger partial charge in [-0.25, -0.2) is 30.4 Å². The van der Waals surface area contributed by atoms with Gasteiger partial charge < -0.3 is 5.32 Å². The lowest BCUT2D eigenvalue weighted by Gasteiger charge is -2.44. The molecule has 2 N–H and O–H groups in total. The zero-order valence-electron chi connectivity index (χ0n) is 24.4. The molecular weight excluding hydrogens is 594 g/mol. The maximum atomic E-state index is 15.8. The topological polar surface area (TPSA) is 64.7 Å². The van der Waals surface area contributed by atoms with Crippen molar-refractivity contribution in [2.24, 2.45) is 0 Å². The van der Waals surface area contributed by atoms with Gasteiger partial charge in [-0.15, -0.1) is 0 Å². The Hall–Kier alpha value is -2.51. The van der Waals surface area contributed by atoms with E-state index in [0.717, 1.165) is 0 Å². The first kappa shape index (κ1) is 31.9. The van der Waals surface area contributed by atoms with Crippen LogP contribution in [0.4, 0.5) is 37.7 Å². The molecule has 3 aliphatic rings. The molecule has 13 heteroatoms. The molecule has 238 valence electrons. The van der Waals surface area contributed by atoms with E-state index >= 15 is 13.2 Å². The zero-order chi connectivity index (χ0) is 31.3.